The Balaban J connectivity index is 2.35. The number of thioether (sulfide) groups is 1. The van der Waals surface area contributed by atoms with Gasteiger partial charge in [0.1, 0.15) is 0 Å². The molecule has 0 saturated heterocycles. The first kappa shape index (κ1) is 16.1. The first-order valence-electron chi connectivity index (χ1n) is 7.66. The molecule has 0 saturated carbocycles. The average molecular weight is 299 g/mol. The Hall–Kier alpha value is -1.25. The van der Waals surface area contributed by atoms with Gasteiger partial charge in [0.2, 0.25) is 0 Å². The zero-order chi connectivity index (χ0) is 15.2. The third-order valence-electron chi connectivity index (χ3n) is 4.06. The summed E-state index contributed by atoms with van der Waals surface area (Å²) in [7, 11) is 2.03. The maximum atomic E-state index is 3.45. The Labute approximate surface area is 133 Å². The molecule has 2 heteroatoms. The van der Waals surface area contributed by atoms with E-state index >= 15 is 0 Å². The summed E-state index contributed by atoms with van der Waals surface area (Å²) in [4.78, 5) is 1.31. The molecule has 1 unspecified atom stereocenters. The monoisotopic (exact) mass is 299 g/mol. The molecule has 1 nitrogen and oxygen atoms in total. The van der Waals surface area contributed by atoms with Crippen molar-refractivity contribution in [1.82, 2.24) is 5.32 Å². The minimum atomic E-state index is 0.261. The molecule has 0 bridgehead atoms. The van der Waals surface area contributed by atoms with Gasteiger partial charge in [-0.15, -0.1) is 11.8 Å². The standard InChI is InChI=1S/C19H25NS/c1-5-14-7-8-17(13-15(14)6-2)19(20-3)16-9-11-18(21-4)12-10-16/h7-13,19-20H,5-6H2,1-4H3. The molecule has 0 fully saturated rings. The number of nitrogens with one attached hydrogen (secondary N) is 1. The Kier molecular flexibility index (Phi) is 5.89. The Morgan fingerprint density at radius 3 is 2.05 bits per heavy atom. The number of aryl methyl sites for hydroxylation is 2. The summed E-state index contributed by atoms with van der Waals surface area (Å²) in [5.41, 5.74) is 5.61. The molecule has 21 heavy (non-hydrogen) atoms. The number of hydrogen-bond acceptors (Lipinski definition) is 2. The summed E-state index contributed by atoms with van der Waals surface area (Å²) < 4.78 is 0. The molecule has 0 spiro atoms. The summed E-state index contributed by atoms with van der Waals surface area (Å²) in [6, 6.07) is 16.0. The van der Waals surface area contributed by atoms with Gasteiger partial charge in [-0.3, -0.25) is 0 Å². The quantitative estimate of drug-likeness (QED) is 0.766. The van der Waals surface area contributed by atoms with Gasteiger partial charge in [-0.1, -0.05) is 44.2 Å². The molecule has 0 radical (unpaired) electrons. The summed E-state index contributed by atoms with van der Waals surface area (Å²) in [5.74, 6) is 0. The van der Waals surface area contributed by atoms with Crippen LogP contribution in [0.3, 0.4) is 0 Å². The Morgan fingerprint density at radius 1 is 0.905 bits per heavy atom. The van der Waals surface area contributed by atoms with Crippen LogP contribution in [0.25, 0.3) is 0 Å². The maximum absolute atomic E-state index is 3.45. The van der Waals surface area contributed by atoms with Gasteiger partial charge in [0.05, 0.1) is 6.04 Å². The van der Waals surface area contributed by atoms with Gasteiger partial charge < -0.3 is 5.32 Å². The third kappa shape index (κ3) is 3.69. The van der Waals surface area contributed by atoms with E-state index in [0.29, 0.717) is 0 Å². The second-order valence-corrected chi connectivity index (χ2v) is 6.11. The average Bonchev–Trinajstić information content (AvgIpc) is 2.56. The molecule has 0 aliphatic carbocycles. The van der Waals surface area contributed by atoms with Gasteiger partial charge in [0.25, 0.3) is 0 Å². The third-order valence-corrected chi connectivity index (χ3v) is 4.81. The summed E-state index contributed by atoms with van der Waals surface area (Å²) >= 11 is 1.78. The highest BCUT2D eigenvalue weighted by atomic mass is 32.2. The normalized spacial score (nSPS) is 12.4. The van der Waals surface area contributed by atoms with Crippen LogP contribution >= 0.6 is 11.8 Å². The van der Waals surface area contributed by atoms with E-state index in [-0.39, 0.29) is 6.04 Å². The summed E-state index contributed by atoms with van der Waals surface area (Å²) in [6.45, 7) is 4.46. The predicted molar refractivity (Wildman–Crippen MR) is 94.3 cm³/mol. The molecular weight excluding hydrogens is 274 g/mol. The highest BCUT2D eigenvalue weighted by Gasteiger charge is 2.13. The second kappa shape index (κ2) is 7.67. The molecule has 1 N–H and O–H groups in total. The van der Waals surface area contributed by atoms with Crippen molar-refractivity contribution in [3.8, 4) is 0 Å². The van der Waals surface area contributed by atoms with Gasteiger partial charge in [0, 0.05) is 4.90 Å². The van der Waals surface area contributed by atoms with E-state index in [4.69, 9.17) is 0 Å². The van der Waals surface area contributed by atoms with Crippen molar-refractivity contribution in [3.63, 3.8) is 0 Å². The van der Waals surface area contributed by atoms with E-state index in [2.05, 4.69) is 67.9 Å². The van der Waals surface area contributed by atoms with Crippen molar-refractivity contribution in [2.24, 2.45) is 0 Å². The molecule has 2 aromatic carbocycles. The van der Waals surface area contributed by atoms with Crippen LogP contribution in [-0.4, -0.2) is 13.3 Å². The fraction of sp³-hybridized carbons (Fsp3) is 0.368. The zero-order valence-corrected chi connectivity index (χ0v) is 14.3. The van der Waals surface area contributed by atoms with Gasteiger partial charge >= 0.3 is 0 Å². The Morgan fingerprint density at radius 2 is 1.52 bits per heavy atom. The topological polar surface area (TPSA) is 12.0 Å². The van der Waals surface area contributed by atoms with Gasteiger partial charge in [-0.2, -0.15) is 0 Å². The van der Waals surface area contributed by atoms with Crippen molar-refractivity contribution < 1.29 is 0 Å². The highest BCUT2D eigenvalue weighted by molar-refractivity contribution is 7.98. The molecule has 0 aliphatic heterocycles. The number of hydrogen-bond donors (Lipinski definition) is 1. The molecular formula is C19H25NS. The van der Waals surface area contributed by atoms with Gasteiger partial charge in [-0.05, 0) is 60.5 Å². The van der Waals surface area contributed by atoms with Crippen LogP contribution in [0.4, 0.5) is 0 Å². The van der Waals surface area contributed by atoms with Crippen molar-refractivity contribution in [2.45, 2.75) is 37.6 Å². The lowest BCUT2D eigenvalue weighted by molar-refractivity contribution is 0.689. The highest BCUT2D eigenvalue weighted by Crippen LogP contribution is 2.26. The zero-order valence-electron chi connectivity index (χ0n) is 13.4. The van der Waals surface area contributed by atoms with E-state index in [1.54, 1.807) is 11.8 Å². The van der Waals surface area contributed by atoms with Crippen molar-refractivity contribution in [2.75, 3.05) is 13.3 Å². The van der Waals surface area contributed by atoms with Crippen LogP contribution in [0, 0.1) is 0 Å². The largest absolute Gasteiger partial charge is 0.309 e. The van der Waals surface area contributed by atoms with Crippen LogP contribution in [0.15, 0.2) is 47.4 Å². The van der Waals surface area contributed by atoms with Crippen molar-refractivity contribution in [1.29, 1.82) is 0 Å². The number of rotatable bonds is 6. The van der Waals surface area contributed by atoms with Crippen LogP contribution < -0.4 is 5.32 Å². The van der Waals surface area contributed by atoms with E-state index in [0.717, 1.165) is 12.8 Å². The lowest BCUT2D eigenvalue weighted by Gasteiger charge is -2.19. The minimum Gasteiger partial charge on any atom is -0.309 e. The molecule has 112 valence electrons. The van der Waals surface area contributed by atoms with Crippen LogP contribution in [-0.2, 0) is 12.8 Å². The molecule has 2 aromatic rings. The SMILES string of the molecule is CCc1ccc(C(NC)c2ccc(SC)cc2)cc1CC. The molecule has 2 rings (SSSR count). The fourth-order valence-corrected chi connectivity index (χ4v) is 3.23. The van der Waals surface area contributed by atoms with Crippen molar-refractivity contribution >= 4 is 11.8 Å². The molecule has 0 aliphatic rings. The van der Waals surface area contributed by atoms with E-state index < -0.39 is 0 Å². The molecule has 0 amide bonds. The smallest absolute Gasteiger partial charge is 0.0574 e. The Bertz CT molecular complexity index is 575. The summed E-state index contributed by atoms with van der Waals surface area (Å²) in [6.07, 6.45) is 4.32. The lowest BCUT2D eigenvalue weighted by Crippen LogP contribution is -2.18. The van der Waals surface area contributed by atoms with Crippen LogP contribution in [0.5, 0.6) is 0 Å². The first-order valence-corrected chi connectivity index (χ1v) is 8.88. The summed E-state index contributed by atoms with van der Waals surface area (Å²) in [5, 5.41) is 3.45. The molecule has 0 heterocycles. The molecule has 1 atom stereocenters. The van der Waals surface area contributed by atoms with Gasteiger partial charge in [0.15, 0.2) is 0 Å². The van der Waals surface area contributed by atoms with Crippen LogP contribution in [0.2, 0.25) is 0 Å². The van der Waals surface area contributed by atoms with Crippen molar-refractivity contribution in [3.05, 3.63) is 64.7 Å². The minimum absolute atomic E-state index is 0.261. The molecule has 0 aromatic heterocycles. The first-order chi connectivity index (χ1) is 10.2. The van der Waals surface area contributed by atoms with Crippen LogP contribution in [0.1, 0.15) is 42.1 Å². The van der Waals surface area contributed by atoms with Gasteiger partial charge in [-0.25, -0.2) is 0 Å². The fourth-order valence-electron chi connectivity index (χ4n) is 2.82. The van der Waals surface area contributed by atoms with E-state index in [9.17, 15) is 0 Å². The second-order valence-electron chi connectivity index (χ2n) is 5.23. The predicted octanol–water partition coefficient (Wildman–Crippen LogP) is 4.84. The van der Waals surface area contributed by atoms with E-state index in [1.165, 1.54) is 27.1 Å². The lowest BCUT2D eigenvalue weighted by atomic mass is 9.93. The number of benzene rings is 2. The van der Waals surface area contributed by atoms with E-state index in [1.807, 2.05) is 7.05 Å². The maximum Gasteiger partial charge on any atom is 0.0574 e.